The summed E-state index contributed by atoms with van der Waals surface area (Å²) in [4.78, 5) is 11.2. The number of hydrogen-bond donors (Lipinski definition) is 1. The maximum Gasteiger partial charge on any atom is 0.139 e. The van der Waals surface area contributed by atoms with E-state index >= 15 is 0 Å². The monoisotopic (exact) mass is 365 g/mol. The summed E-state index contributed by atoms with van der Waals surface area (Å²) in [6.45, 7) is 8.10. The van der Waals surface area contributed by atoms with Crippen LogP contribution in [0.1, 0.15) is 19.4 Å². The molecule has 4 rings (SSSR count). The molecule has 0 atom stereocenters. The third kappa shape index (κ3) is 2.59. The zero-order chi connectivity index (χ0) is 18.3. The van der Waals surface area contributed by atoms with Crippen LogP contribution in [0.3, 0.4) is 0 Å². The summed E-state index contributed by atoms with van der Waals surface area (Å²) in [5, 5.41) is 9.93. The summed E-state index contributed by atoms with van der Waals surface area (Å²) >= 11 is 6.74. The highest BCUT2D eigenvalue weighted by Gasteiger charge is 2.16. The molecule has 2 aromatic heterocycles. The lowest BCUT2D eigenvalue weighted by atomic mass is 9.96. The van der Waals surface area contributed by atoms with Gasteiger partial charge in [-0.2, -0.15) is 5.10 Å². The average molecular weight is 366 g/mol. The molecular weight excluding hydrogens is 346 g/mol. The van der Waals surface area contributed by atoms with Crippen LogP contribution in [0.25, 0.3) is 32.9 Å². The topological polar surface area (TPSA) is 57.7 Å². The summed E-state index contributed by atoms with van der Waals surface area (Å²) < 4.78 is 0. The first-order valence-electron chi connectivity index (χ1n) is 8.76. The van der Waals surface area contributed by atoms with E-state index in [0.29, 0.717) is 5.02 Å². The highest BCUT2D eigenvalue weighted by Crippen LogP contribution is 2.38. The van der Waals surface area contributed by atoms with E-state index in [1.807, 2.05) is 18.3 Å². The van der Waals surface area contributed by atoms with Crippen molar-refractivity contribution in [2.24, 2.45) is 0 Å². The Bertz CT molecular complexity index is 1100. The minimum atomic E-state index is 0.692. The summed E-state index contributed by atoms with van der Waals surface area (Å²) in [7, 11) is 0. The van der Waals surface area contributed by atoms with Gasteiger partial charge in [-0.3, -0.25) is 5.10 Å². The number of H-pyrrole nitrogens is 1. The molecule has 0 spiro atoms. The number of fused-ring (bicyclic) bond motifs is 2. The number of aryl methyl sites for hydroxylation is 1. The Hall–Kier alpha value is -2.66. The largest absolute Gasteiger partial charge is 0.357 e. The molecule has 1 N–H and O–H groups in total. The lowest BCUT2D eigenvalue weighted by molar-refractivity contribution is 0.849. The van der Waals surface area contributed by atoms with Gasteiger partial charge in [-0.05, 0) is 50.1 Å². The summed E-state index contributed by atoms with van der Waals surface area (Å²) in [6.07, 6.45) is 3.47. The molecule has 26 heavy (non-hydrogen) atoms. The van der Waals surface area contributed by atoms with Gasteiger partial charge < -0.3 is 4.90 Å². The van der Waals surface area contributed by atoms with E-state index in [1.165, 1.54) is 0 Å². The van der Waals surface area contributed by atoms with Gasteiger partial charge in [0.25, 0.3) is 0 Å². The van der Waals surface area contributed by atoms with Gasteiger partial charge in [-0.15, -0.1) is 0 Å². The second-order valence-electron chi connectivity index (χ2n) is 6.31. The molecule has 0 saturated heterocycles. The van der Waals surface area contributed by atoms with E-state index in [1.54, 1.807) is 6.33 Å². The third-order valence-corrected chi connectivity index (χ3v) is 5.18. The van der Waals surface area contributed by atoms with Crippen LogP contribution >= 0.6 is 11.6 Å². The zero-order valence-corrected chi connectivity index (χ0v) is 15.8. The lowest BCUT2D eigenvalue weighted by Gasteiger charge is -2.21. The van der Waals surface area contributed by atoms with Crippen LogP contribution in [-0.4, -0.2) is 33.3 Å². The first-order chi connectivity index (χ1) is 12.6. The Morgan fingerprint density at radius 2 is 1.88 bits per heavy atom. The minimum Gasteiger partial charge on any atom is -0.357 e. The van der Waals surface area contributed by atoms with Crippen LogP contribution in [0, 0.1) is 6.92 Å². The number of aromatic nitrogens is 4. The molecule has 0 radical (unpaired) electrons. The second-order valence-corrected chi connectivity index (χ2v) is 6.71. The summed E-state index contributed by atoms with van der Waals surface area (Å²) in [5.41, 5.74) is 5.09. The van der Waals surface area contributed by atoms with Crippen LogP contribution < -0.4 is 4.90 Å². The van der Waals surface area contributed by atoms with Gasteiger partial charge in [-0.1, -0.05) is 17.7 Å². The molecule has 0 aliphatic carbocycles. The number of anilines is 1. The molecule has 132 valence electrons. The van der Waals surface area contributed by atoms with Crippen molar-refractivity contribution in [3.8, 4) is 11.1 Å². The fraction of sp³-hybridized carbons (Fsp3) is 0.250. The molecule has 0 saturated carbocycles. The molecular formula is C20H20ClN5. The number of nitrogens with one attached hydrogen (secondary N) is 1. The molecule has 0 unspecified atom stereocenters. The average Bonchev–Trinajstić information content (AvgIpc) is 3.11. The third-order valence-electron chi connectivity index (χ3n) is 4.87. The van der Waals surface area contributed by atoms with E-state index in [4.69, 9.17) is 11.6 Å². The maximum absolute atomic E-state index is 6.74. The van der Waals surface area contributed by atoms with Crippen molar-refractivity contribution in [2.45, 2.75) is 20.8 Å². The minimum absolute atomic E-state index is 0.692. The molecule has 4 aromatic rings. The molecule has 0 aliphatic rings. The van der Waals surface area contributed by atoms with Gasteiger partial charge in [0.05, 0.1) is 17.2 Å². The standard InChI is InChI=1S/C20H20ClN5/c1-4-26(5-2)20-14-8-16(21)13(9-18(14)22-11-23-20)19-12(3)6-7-17-15(19)10-24-25-17/h6-11H,4-5H2,1-3H3,(H,24,25). The van der Waals surface area contributed by atoms with Crippen molar-refractivity contribution >= 4 is 39.2 Å². The van der Waals surface area contributed by atoms with E-state index < -0.39 is 0 Å². The summed E-state index contributed by atoms with van der Waals surface area (Å²) in [6, 6.07) is 8.16. The van der Waals surface area contributed by atoms with E-state index in [-0.39, 0.29) is 0 Å². The van der Waals surface area contributed by atoms with Gasteiger partial charge in [-0.25, -0.2) is 9.97 Å². The molecule has 2 heterocycles. The molecule has 6 heteroatoms. The van der Waals surface area contributed by atoms with E-state index in [2.05, 4.69) is 58.0 Å². The Kier molecular flexibility index (Phi) is 4.24. The second kappa shape index (κ2) is 6.57. The molecule has 2 aromatic carbocycles. The molecule has 5 nitrogen and oxygen atoms in total. The normalized spacial score (nSPS) is 11.4. The van der Waals surface area contributed by atoms with Crippen LogP contribution in [0.15, 0.2) is 36.8 Å². The molecule has 0 amide bonds. The Morgan fingerprint density at radius 1 is 1.08 bits per heavy atom. The Labute approximate surface area is 157 Å². The molecule has 0 bridgehead atoms. The maximum atomic E-state index is 6.74. The van der Waals surface area contributed by atoms with Crippen molar-refractivity contribution in [3.05, 3.63) is 47.4 Å². The highest BCUT2D eigenvalue weighted by atomic mass is 35.5. The van der Waals surface area contributed by atoms with Crippen molar-refractivity contribution in [1.82, 2.24) is 20.2 Å². The predicted molar refractivity (Wildman–Crippen MR) is 108 cm³/mol. The fourth-order valence-electron chi connectivity index (χ4n) is 3.51. The van der Waals surface area contributed by atoms with Gasteiger partial charge in [0.15, 0.2) is 0 Å². The van der Waals surface area contributed by atoms with Crippen LogP contribution in [0.4, 0.5) is 5.82 Å². The van der Waals surface area contributed by atoms with Gasteiger partial charge in [0, 0.05) is 34.4 Å². The number of benzene rings is 2. The van der Waals surface area contributed by atoms with E-state index in [0.717, 1.165) is 57.4 Å². The first-order valence-corrected chi connectivity index (χ1v) is 9.14. The van der Waals surface area contributed by atoms with Gasteiger partial charge in [0.2, 0.25) is 0 Å². The first kappa shape index (κ1) is 16.8. The zero-order valence-electron chi connectivity index (χ0n) is 15.0. The van der Waals surface area contributed by atoms with Crippen LogP contribution in [0.2, 0.25) is 5.02 Å². The Balaban J connectivity index is 1.99. The van der Waals surface area contributed by atoms with Crippen LogP contribution in [0.5, 0.6) is 0 Å². The van der Waals surface area contributed by atoms with Crippen molar-refractivity contribution in [1.29, 1.82) is 0 Å². The number of aromatic amines is 1. The number of hydrogen-bond acceptors (Lipinski definition) is 4. The lowest BCUT2D eigenvalue weighted by Crippen LogP contribution is -2.23. The Morgan fingerprint density at radius 3 is 2.65 bits per heavy atom. The van der Waals surface area contributed by atoms with Gasteiger partial charge in [0.1, 0.15) is 12.1 Å². The SMILES string of the molecule is CCN(CC)c1ncnc2cc(-c3c(C)ccc4[nH]ncc34)c(Cl)cc12. The van der Waals surface area contributed by atoms with Crippen molar-refractivity contribution < 1.29 is 0 Å². The smallest absolute Gasteiger partial charge is 0.139 e. The quantitative estimate of drug-likeness (QED) is 0.554. The molecule has 0 fully saturated rings. The molecule has 0 aliphatic heterocycles. The van der Waals surface area contributed by atoms with Gasteiger partial charge >= 0.3 is 0 Å². The van der Waals surface area contributed by atoms with Crippen molar-refractivity contribution in [3.63, 3.8) is 0 Å². The number of nitrogens with zero attached hydrogens (tertiary/aromatic N) is 4. The highest BCUT2D eigenvalue weighted by molar-refractivity contribution is 6.35. The van der Waals surface area contributed by atoms with Crippen LogP contribution in [-0.2, 0) is 0 Å². The summed E-state index contributed by atoms with van der Waals surface area (Å²) in [5.74, 6) is 0.923. The van der Waals surface area contributed by atoms with Crippen molar-refractivity contribution in [2.75, 3.05) is 18.0 Å². The fourth-order valence-corrected chi connectivity index (χ4v) is 3.77. The predicted octanol–water partition coefficient (Wildman–Crippen LogP) is 4.98. The number of halogens is 1. The van der Waals surface area contributed by atoms with E-state index in [9.17, 15) is 0 Å². The number of rotatable bonds is 4.